The molecule has 5 rings (SSSR count). The molecule has 0 bridgehead atoms. The lowest BCUT2D eigenvalue weighted by atomic mass is 10.1. The van der Waals surface area contributed by atoms with Gasteiger partial charge in [0.2, 0.25) is 0 Å². The predicted octanol–water partition coefficient (Wildman–Crippen LogP) is 2.89. The summed E-state index contributed by atoms with van der Waals surface area (Å²) in [6, 6.07) is 13.4. The molecule has 32 heavy (non-hydrogen) atoms. The van der Waals surface area contributed by atoms with Gasteiger partial charge in [-0.1, -0.05) is 18.2 Å². The van der Waals surface area contributed by atoms with Crippen LogP contribution in [-0.4, -0.2) is 83.4 Å². The first kappa shape index (κ1) is 20.5. The minimum atomic E-state index is 0.0889. The SMILES string of the molecule is Cc1ccc2c(N3CCN(C(=O)N4CCOCC4)CC3)nc(-c3ccccc3O)nc2c1. The first-order valence-corrected chi connectivity index (χ1v) is 11.0. The monoisotopic (exact) mass is 433 g/mol. The van der Waals surface area contributed by atoms with E-state index in [1.807, 2.05) is 34.9 Å². The number of benzene rings is 2. The highest BCUT2D eigenvalue weighted by Crippen LogP contribution is 2.32. The van der Waals surface area contributed by atoms with Crippen LogP contribution in [0.3, 0.4) is 0 Å². The second kappa shape index (κ2) is 8.63. The number of phenolic OH excluding ortho intramolecular Hbond substituents is 1. The zero-order valence-corrected chi connectivity index (χ0v) is 18.2. The number of amides is 2. The topological polar surface area (TPSA) is 82.0 Å². The predicted molar refractivity (Wildman–Crippen MR) is 123 cm³/mol. The highest BCUT2D eigenvalue weighted by Gasteiger charge is 2.28. The van der Waals surface area contributed by atoms with Crippen LogP contribution in [0, 0.1) is 6.92 Å². The van der Waals surface area contributed by atoms with E-state index in [-0.39, 0.29) is 11.8 Å². The lowest BCUT2D eigenvalue weighted by Crippen LogP contribution is -2.55. The smallest absolute Gasteiger partial charge is 0.320 e. The van der Waals surface area contributed by atoms with Gasteiger partial charge in [-0.25, -0.2) is 14.8 Å². The molecule has 8 heteroatoms. The van der Waals surface area contributed by atoms with Crippen LogP contribution in [0.2, 0.25) is 0 Å². The molecular formula is C24H27N5O3. The van der Waals surface area contributed by atoms with Gasteiger partial charge in [0.25, 0.3) is 0 Å². The average molecular weight is 434 g/mol. The van der Waals surface area contributed by atoms with Gasteiger partial charge in [-0.15, -0.1) is 0 Å². The summed E-state index contributed by atoms with van der Waals surface area (Å²) in [5.41, 5.74) is 2.57. The van der Waals surface area contributed by atoms with E-state index in [1.165, 1.54) is 0 Å². The quantitative estimate of drug-likeness (QED) is 0.669. The normalized spacial score (nSPS) is 17.1. The molecule has 0 radical (unpaired) electrons. The number of ether oxygens (including phenoxy) is 1. The number of fused-ring (bicyclic) bond motifs is 1. The standard InChI is InChI=1S/C24H27N5O3/c1-17-6-7-18-20(16-17)25-22(19-4-2-3-5-21(19)30)26-23(18)27-8-10-28(11-9-27)24(31)29-12-14-32-15-13-29/h2-7,16,30H,8-15H2,1H3. The minimum absolute atomic E-state index is 0.0889. The fourth-order valence-corrected chi connectivity index (χ4v) is 4.31. The maximum absolute atomic E-state index is 12.8. The van der Waals surface area contributed by atoms with E-state index in [2.05, 4.69) is 17.0 Å². The zero-order chi connectivity index (χ0) is 22.1. The van der Waals surface area contributed by atoms with Crippen LogP contribution in [0.5, 0.6) is 5.75 Å². The number of morpholine rings is 1. The second-order valence-electron chi connectivity index (χ2n) is 8.26. The third kappa shape index (κ3) is 3.93. The van der Waals surface area contributed by atoms with E-state index >= 15 is 0 Å². The van der Waals surface area contributed by atoms with E-state index < -0.39 is 0 Å². The summed E-state index contributed by atoms with van der Waals surface area (Å²) in [6.07, 6.45) is 0. The molecule has 2 fully saturated rings. The number of anilines is 1. The van der Waals surface area contributed by atoms with Crippen molar-refractivity contribution in [2.45, 2.75) is 6.92 Å². The van der Waals surface area contributed by atoms with Crippen molar-refractivity contribution in [1.29, 1.82) is 0 Å². The lowest BCUT2D eigenvalue weighted by Gasteiger charge is -2.39. The molecule has 2 aliphatic heterocycles. The summed E-state index contributed by atoms with van der Waals surface area (Å²) in [5, 5.41) is 11.3. The average Bonchev–Trinajstić information content (AvgIpc) is 2.83. The molecule has 2 amide bonds. The van der Waals surface area contributed by atoms with Crippen LogP contribution >= 0.6 is 0 Å². The Balaban J connectivity index is 1.44. The molecule has 1 aromatic heterocycles. The van der Waals surface area contributed by atoms with Crippen molar-refractivity contribution in [3.05, 3.63) is 48.0 Å². The molecule has 0 spiro atoms. The van der Waals surface area contributed by atoms with Crippen LogP contribution in [0.1, 0.15) is 5.56 Å². The number of carbonyl (C=O) groups is 1. The number of aromatic nitrogens is 2. The number of carbonyl (C=O) groups excluding carboxylic acids is 1. The van der Waals surface area contributed by atoms with E-state index in [1.54, 1.807) is 12.1 Å². The van der Waals surface area contributed by atoms with Crippen LogP contribution in [0.4, 0.5) is 10.6 Å². The molecular weight excluding hydrogens is 406 g/mol. The Bertz CT molecular complexity index is 1140. The van der Waals surface area contributed by atoms with Gasteiger partial charge in [-0.05, 0) is 36.8 Å². The molecule has 0 aliphatic carbocycles. The minimum Gasteiger partial charge on any atom is -0.507 e. The molecule has 2 saturated heterocycles. The van der Waals surface area contributed by atoms with Gasteiger partial charge < -0.3 is 24.5 Å². The van der Waals surface area contributed by atoms with E-state index in [0.717, 1.165) is 22.3 Å². The number of phenols is 1. The summed E-state index contributed by atoms with van der Waals surface area (Å²) in [4.78, 5) is 28.5. The number of aryl methyl sites for hydroxylation is 1. The Labute approximate surface area is 187 Å². The fourth-order valence-electron chi connectivity index (χ4n) is 4.31. The van der Waals surface area contributed by atoms with Crippen molar-refractivity contribution in [3.8, 4) is 17.1 Å². The van der Waals surface area contributed by atoms with Gasteiger partial charge in [0.05, 0.1) is 24.3 Å². The lowest BCUT2D eigenvalue weighted by molar-refractivity contribution is 0.0428. The second-order valence-corrected chi connectivity index (χ2v) is 8.26. The van der Waals surface area contributed by atoms with Crippen LogP contribution in [0.25, 0.3) is 22.3 Å². The van der Waals surface area contributed by atoms with Crippen molar-refractivity contribution in [2.75, 3.05) is 57.4 Å². The summed E-state index contributed by atoms with van der Waals surface area (Å²) in [6.45, 7) is 7.21. The van der Waals surface area contributed by atoms with Gasteiger partial charge in [-0.2, -0.15) is 0 Å². The summed E-state index contributed by atoms with van der Waals surface area (Å²) in [5.74, 6) is 1.50. The summed E-state index contributed by atoms with van der Waals surface area (Å²) >= 11 is 0. The summed E-state index contributed by atoms with van der Waals surface area (Å²) < 4.78 is 5.36. The number of nitrogens with zero attached hydrogens (tertiary/aromatic N) is 5. The Morgan fingerprint density at radius 3 is 2.41 bits per heavy atom. The maximum Gasteiger partial charge on any atom is 0.320 e. The van der Waals surface area contributed by atoms with Gasteiger partial charge in [0, 0.05) is 44.7 Å². The first-order chi connectivity index (χ1) is 15.6. The molecule has 0 saturated carbocycles. The number of hydrogen-bond donors (Lipinski definition) is 1. The van der Waals surface area contributed by atoms with Gasteiger partial charge in [0.1, 0.15) is 11.6 Å². The van der Waals surface area contributed by atoms with Crippen molar-refractivity contribution in [3.63, 3.8) is 0 Å². The third-order valence-electron chi connectivity index (χ3n) is 6.11. The third-order valence-corrected chi connectivity index (χ3v) is 6.11. The van der Waals surface area contributed by atoms with Crippen LogP contribution in [0.15, 0.2) is 42.5 Å². The van der Waals surface area contributed by atoms with E-state index in [4.69, 9.17) is 14.7 Å². The molecule has 3 aromatic rings. The Morgan fingerprint density at radius 2 is 1.66 bits per heavy atom. The number of aromatic hydroxyl groups is 1. The van der Waals surface area contributed by atoms with Crippen LogP contribution < -0.4 is 4.90 Å². The molecule has 166 valence electrons. The molecule has 2 aromatic carbocycles. The van der Waals surface area contributed by atoms with E-state index in [0.29, 0.717) is 63.9 Å². The van der Waals surface area contributed by atoms with Gasteiger partial charge >= 0.3 is 6.03 Å². The first-order valence-electron chi connectivity index (χ1n) is 11.0. The Kier molecular flexibility index (Phi) is 5.53. The Morgan fingerprint density at radius 1 is 0.938 bits per heavy atom. The molecule has 8 nitrogen and oxygen atoms in total. The van der Waals surface area contributed by atoms with E-state index in [9.17, 15) is 9.90 Å². The highest BCUT2D eigenvalue weighted by molar-refractivity contribution is 5.92. The van der Waals surface area contributed by atoms with Gasteiger partial charge in [0.15, 0.2) is 5.82 Å². The summed E-state index contributed by atoms with van der Waals surface area (Å²) in [7, 11) is 0. The largest absolute Gasteiger partial charge is 0.507 e. The number of urea groups is 1. The molecule has 1 N–H and O–H groups in total. The van der Waals surface area contributed by atoms with Gasteiger partial charge in [-0.3, -0.25) is 0 Å². The molecule has 0 unspecified atom stereocenters. The number of piperazine rings is 1. The molecule has 2 aliphatic rings. The van der Waals surface area contributed by atoms with Crippen molar-refractivity contribution in [2.24, 2.45) is 0 Å². The van der Waals surface area contributed by atoms with Crippen molar-refractivity contribution >= 4 is 22.8 Å². The van der Waals surface area contributed by atoms with Crippen LogP contribution in [-0.2, 0) is 4.74 Å². The maximum atomic E-state index is 12.8. The number of hydrogen-bond acceptors (Lipinski definition) is 6. The molecule has 3 heterocycles. The Hall–Kier alpha value is -3.39. The number of para-hydroxylation sites is 1. The zero-order valence-electron chi connectivity index (χ0n) is 18.2. The number of rotatable bonds is 2. The molecule has 0 atom stereocenters. The van der Waals surface area contributed by atoms with Crippen molar-refractivity contribution in [1.82, 2.24) is 19.8 Å². The van der Waals surface area contributed by atoms with Crippen molar-refractivity contribution < 1.29 is 14.6 Å². The fraction of sp³-hybridized carbons (Fsp3) is 0.375. The highest BCUT2D eigenvalue weighted by atomic mass is 16.5.